The Bertz CT molecular complexity index is 549. The van der Waals surface area contributed by atoms with Crippen LogP contribution in [0.15, 0.2) is 54.9 Å². The van der Waals surface area contributed by atoms with Gasteiger partial charge in [-0.25, -0.2) is 4.39 Å². The fraction of sp³-hybridized carbons (Fsp3) is 0. The van der Waals surface area contributed by atoms with Crippen LogP contribution in [0.1, 0.15) is 15.9 Å². The molecule has 17 heavy (non-hydrogen) atoms. The first-order valence-corrected chi connectivity index (χ1v) is 5.14. The van der Waals surface area contributed by atoms with Crippen molar-refractivity contribution in [2.24, 2.45) is 0 Å². The highest BCUT2D eigenvalue weighted by atomic mass is 19.1. The lowest BCUT2D eigenvalue weighted by Gasteiger charge is -1.96. The number of ketones is 1. The molecule has 0 aliphatic heterocycles. The maximum atomic E-state index is 13.3. The second-order valence-corrected chi connectivity index (χ2v) is 3.45. The number of nitrogens with zero attached hydrogens (tertiary/aromatic N) is 1. The molecule has 0 radical (unpaired) electrons. The molecule has 0 aliphatic carbocycles. The summed E-state index contributed by atoms with van der Waals surface area (Å²) in [4.78, 5) is 15.5. The van der Waals surface area contributed by atoms with Gasteiger partial charge in [0.2, 0.25) is 0 Å². The number of carbonyl (C=O) groups excluding carboxylic acids is 1. The van der Waals surface area contributed by atoms with E-state index in [0.29, 0.717) is 11.1 Å². The molecule has 0 amide bonds. The Balaban J connectivity index is 2.17. The predicted octanol–water partition coefficient (Wildman–Crippen LogP) is 3.12. The largest absolute Gasteiger partial charge is 0.289 e. The second kappa shape index (κ2) is 5.16. The van der Waals surface area contributed by atoms with E-state index in [0.717, 1.165) is 0 Å². The standard InChI is InChI=1S/C14H10FNO/c15-13-4-2-1-3-11(13)5-6-14(17)12-7-9-16-10-8-12/h1-10H. The van der Waals surface area contributed by atoms with Crippen LogP contribution in [0.4, 0.5) is 4.39 Å². The Morgan fingerprint density at radius 1 is 1.12 bits per heavy atom. The summed E-state index contributed by atoms with van der Waals surface area (Å²) in [5.74, 6) is -0.512. The van der Waals surface area contributed by atoms with Crippen LogP contribution in [0.3, 0.4) is 0 Å². The smallest absolute Gasteiger partial charge is 0.185 e. The third-order valence-electron chi connectivity index (χ3n) is 2.28. The quantitative estimate of drug-likeness (QED) is 0.595. The van der Waals surface area contributed by atoms with Gasteiger partial charge in [-0.2, -0.15) is 0 Å². The fourth-order valence-electron chi connectivity index (χ4n) is 1.39. The molecule has 0 aliphatic rings. The summed E-state index contributed by atoms with van der Waals surface area (Å²) < 4.78 is 13.3. The van der Waals surface area contributed by atoms with Crippen LogP contribution < -0.4 is 0 Å². The van der Waals surface area contributed by atoms with Gasteiger partial charge in [-0.1, -0.05) is 18.2 Å². The number of aromatic nitrogens is 1. The number of hydrogen-bond acceptors (Lipinski definition) is 2. The molecule has 3 heteroatoms. The summed E-state index contributed by atoms with van der Waals surface area (Å²) in [7, 11) is 0. The molecule has 1 aromatic carbocycles. The van der Waals surface area contributed by atoms with Gasteiger partial charge in [-0.05, 0) is 30.4 Å². The molecule has 2 aromatic rings. The van der Waals surface area contributed by atoms with E-state index in [1.54, 1.807) is 42.7 Å². The lowest BCUT2D eigenvalue weighted by Crippen LogP contribution is -1.93. The number of benzene rings is 1. The minimum absolute atomic E-state index is 0.171. The number of carbonyl (C=O) groups is 1. The second-order valence-electron chi connectivity index (χ2n) is 3.45. The van der Waals surface area contributed by atoms with E-state index in [-0.39, 0.29) is 11.6 Å². The number of rotatable bonds is 3. The van der Waals surface area contributed by atoms with Crippen molar-refractivity contribution in [2.45, 2.75) is 0 Å². The van der Waals surface area contributed by atoms with Gasteiger partial charge in [-0.15, -0.1) is 0 Å². The van der Waals surface area contributed by atoms with Crippen LogP contribution in [0.25, 0.3) is 6.08 Å². The zero-order valence-electron chi connectivity index (χ0n) is 9.01. The number of allylic oxidation sites excluding steroid dienone is 1. The Morgan fingerprint density at radius 2 is 1.82 bits per heavy atom. The van der Waals surface area contributed by atoms with Gasteiger partial charge in [0, 0.05) is 23.5 Å². The van der Waals surface area contributed by atoms with Crippen molar-refractivity contribution in [1.29, 1.82) is 0 Å². The van der Waals surface area contributed by atoms with E-state index in [4.69, 9.17) is 0 Å². The van der Waals surface area contributed by atoms with E-state index in [2.05, 4.69) is 4.98 Å². The summed E-state index contributed by atoms with van der Waals surface area (Å²) in [5.41, 5.74) is 0.933. The summed E-state index contributed by atoms with van der Waals surface area (Å²) in [5, 5.41) is 0. The van der Waals surface area contributed by atoms with E-state index in [9.17, 15) is 9.18 Å². The summed E-state index contributed by atoms with van der Waals surface area (Å²) in [6.07, 6.45) is 5.92. The molecule has 1 heterocycles. The third-order valence-corrected chi connectivity index (χ3v) is 2.28. The van der Waals surface area contributed by atoms with Crippen LogP contribution in [-0.4, -0.2) is 10.8 Å². The average molecular weight is 227 g/mol. The van der Waals surface area contributed by atoms with Gasteiger partial charge in [0.1, 0.15) is 5.82 Å². The highest BCUT2D eigenvalue weighted by Crippen LogP contribution is 2.09. The molecule has 0 saturated heterocycles. The Labute approximate surface area is 98.4 Å². The highest BCUT2D eigenvalue weighted by molar-refractivity contribution is 6.06. The van der Waals surface area contributed by atoms with Gasteiger partial charge in [0.05, 0.1) is 0 Å². The molecule has 0 bridgehead atoms. The van der Waals surface area contributed by atoms with E-state index in [1.807, 2.05) is 0 Å². The molecule has 0 spiro atoms. The van der Waals surface area contributed by atoms with Gasteiger partial charge >= 0.3 is 0 Å². The average Bonchev–Trinajstić information content (AvgIpc) is 2.38. The van der Waals surface area contributed by atoms with Crippen LogP contribution in [0.5, 0.6) is 0 Å². The topological polar surface area (TPSA) is 30.0 Å². The number of hydrogen-bond donors (Lipinski definition) is 0. The molecule has 0 N–H and O–H groups in total. The maximum Gasteiger partial charge on any atom is 0.185 e. The van der Waals surface area contributed by atoms with Crippen molar-refractivity contribution in [2.75, 3.05) is 0 Å². The molecular formula is C14H10FNO. The van der Waals surface area contributed by atoms with Gasteiger partial charge in [0.25, 0.3) is 0 Å². The van der Waals surface area contributed by atoms with Crippen LogP contribution in [0, 0.1) is 5.82 Å². The fourth-order valence-corrected chi connectivity index (χ4v) is 1.39. The normalized spacial score (nSPS) is 10.6. The molecule has 2 nitrogen and oxygen atoms in total. The van der Waals surface area contributed by atoms with Gasteiger partial charge in [0.15, 0.2) is 5.78 Å². The lowest BCUT2D eigenvalue weighted by atomic mass is 10.1. The van der Waals surface area contributed by atoms with Crippen LogP contribution in [-0.2, 0) is 0 Å². The summed E-state index contributed by atoms with van der Waals surface area (Å²) in [6, 6.07) is 9.54. The Morgan fingerprint density at radius 3 is 2.53 bits per heavy atom. The van der Waals surface area contributed by atoms with E-state index < -0.39 is 0 Å². The molecule has 84 valence electrons. The zero-order valence-corrected chi connectivity index (χ0v) is 9.01. The first-order chi connectivity index (χ1) is 8.27. The third kappa shape index (κ3) is 2.84. The van der Waals surface area contributed by atoms with Crippen molar-refractivity contribution in [3.63, 3.8) is 0 Å². The monoisotopic (exact) mass is 227 g/mol. The summed E-state index contributed by atoms with van der Waals surface area (Å²) >= 11 is 0. The zero-order chi connectivity index (χ0) is 12.1. The minimum atomic E-state index is -0.341. The van der Waals surface area contributed by atoms with Gasteiger partial charge < -0.3 is 0 Å². The van der Waals surface area contributed by atoms with Crippen LogP contribution >= 0.6 is 0 Å². The lowest BCUT2D eigenvalue weighted by molar-refractivity contribution is 0.104. The van der Waals surface area contributed by atoms with Crippen molar-refractivity contribution >= 4 is 11.9 Å². The molecule has 1 aromatic heterocycles. The first kappa shape index (κ1) is 11.2. The molecule has 2 rings (SSSR count). The van der Waals surface area contributed by atoms with Crippen LogP contribution in [0.2, 0.25) is 0 Å². The Kier molecular flexibility index (Phi) is 3.40. The van der Waals surface area contributed by atoms with E-state index >= 15 is 0 Å². The first-order valence-electron chi connectivity index (χ1n) is 5.14. The van der Waals surface area contributed by atoms with E-state index in [1.165, 1.54) is 18.2 Å². The van der Waals surface area contributed by atoms with Crippen molar-refractivity contribution in [3.05, 3.63) is 71.8 Å². The Hall–Kier alpha value is -2.29. The number of pyridine rings is 1. The maximum absolute atomic E-state index is 13.3. The molecule has 0 saturated carbocycles. The molecule has 0 unspecified atom stereocenters. The SMILES string of the molecule is O=C(C=Cc1ccccc1F)c1ccncc1. The minimum Gasteiger partial charge on any atom is -0.289 e. The summed E-state index contributed by atoms with van der Waals surface area (Å²) in [6.45, 7) is 0. The van der Waals surface area contributed by atoms with Crippen molar-refractivity contribution in [1.82, 2.24) is 4.98 Å². The molecular weight excluding hydrogens is 217 g/mol. The number of halogens is 1. The van der Waals surface area contributed by atoms with Crippen molar-refractivity contribution in [3.8, 4) is 0 Å². The van der Waals surface area contributed by atoms with Crippen molar-refractivity contribution < 1.29 is 9.18 Å². The highest BCUT2D eigenvalue weighted by Gasteiger charge is 2.01. The predicted molar refractivity (Wildman–Crippen MR) is 64.0 cm³/mol. The van der Waals surface area contributed by atoms with Gasteiger partial charge in [-0.3, -0.25) is 9.78 Å². The molecule has 0 atom stereocenters. The molecule has 0 fully saturated rings.